The number of nitrogens with one attached hydrogen (secondary N) is 1. The van der Waals surface area contributed by atoms with E-state index < -0.39 is 0 Å². The Labute approximate surface area is 76.6 Å². The lowest BCUT2D eigenvalue weighted by Gasteiger charge is -1.99. The Bertz CT molecular complexity index is 386. The van der Waals surface area contributed by atoms with E-state index in [9.17, 15) is 0 Å². The van der Waals surface area contributed by atoms with Crippen LogP contribution in [0.1, 0.15) is 12.6 Å². The molecule has 2 aromatic rings. The summed E-state index contributed by atoms with van der Waals surface area (Å²) in [4.78, 5) is 0. The number of nitrogens with zero attached hydrogens (tertiary/aromatic N) is 3. The second-order valence-electron chi connectivity index (χ2n) is 2.93. The Morgan fingerprint density at radius 3 is 2.92 bits per heavy atom. The van der Waals surface area contributed by atoms with Crippen molar-refractivity contribution in [1.29, 1.82) is 0 Å². The zero-order valence-corrected chi connectivity index (χ0v) is 7.78. The van der Waals surface area contributed by atoms with Crippen molar-refractivity contribution in [2.75, 3.05) is 0 Å². The van der Waals surface area contributed by atoms with Gasteiger partial charge in [0.15, 0.2) is 0 Å². The van der Waals surface area contributed by atoms with E-state index in [2.05, 4.69) is 29.1 Å². The van der Waals surface area contributed by atoms with Crippen molar-refractivity contribution in [3.05, 3.63) is 24.2 Å². The summed E-state index contributed by atoms with van der Waals surface area (Å²) in [7, 11) is 0. The molecule has 0 spiro atoms. The van der Waals surface area contributed by atoms with E-state index in [0.29, 0.717) is 0 Å². The molecule has 68 valence electrons. The van der Waals surface area contributed by atoms with Crippen LogP contribution < -0.4 is 0 Å². The van der Waals surface area contributed by atoms with Gasteiger partial charge in [0.25, 0.3) is 0 Å². The van der Waals surface area contributed by atoms with Gasteiger partial charge in [-0.05, 0) is 19.9 Å². The molecule has 0 aromatic carbocycles. The highest BCUT2D eigenvalue weighted by atomic mass is 15.3. The third kappa shape index (κ3) is 1.24. The number of H-pyrrole nitrogens is 1. The zero-order chi connectivity index (χ0) is 9.26. The van der Waals surface area contributed by atoms with E-state index in [1.54, 1.807) is 6.20 Å². The lowest BCUT2D eigenvalue weighted by Crippen LogP contribution is -1.98. The van der Waals surface area contributed by atoms with Gasteiger partial charge in [0.1, 0.15) is 0 Å². The highest BCUT2D eigenvalue weighted by Crippen LogP contribution is 2.19. The van der Waals surface area contributed by atoms with Gasteiger partial charge in [-0.2, -0.15) is 10.2 Å². The number of aromatic amines is 1. The summed E-state index contributed by atoms with van der Waals surface area (Å²) in [5.41, 5.74) is 3.32. The summed E-state index contributed by atoms with van der Waals surface area (Å²) in [6.45, 7) is 5.05. The third-order valence-electron chi connectivity index (χ3n) is 2.19. The fourth-order valence-electron chi connectivity index (χ4n) is 1.44. The molecule has 0 radical (unpaired) electrons. The minimum atomic E-state index is 0.903. The van der Waals surface area contributed by atoms with Crippen molar-refractivity contribution in [1.82, 2.24) is 20.0 Å². The minimum absolute atomic E-state index is 0.903. The van der Waals surface area contributed by atoms with Crippen LogP contribution in [0.2, 0.25) is 0 Å². The van der Waals surface area contributed by atoms with Crippen LogP contribution in [0.15, 0.2) is 18.5 Å². The van der Waals surface area contributed by atoms with Crippen molar-refractivity contribution < 1.29 is 0 Å². The van der Waals surface area contributed by atoms with Crippen molar-refractivity contribution in [2.24, 2.45) is 0 Å². The first-order valence-electron chi connectivity index (χ1n) is 4.35. The predicted octanol–water partition coefficient (Wildman–Crippen LogP) is 1.60. The SMILES string of the molecule is CCn1ncc(-c2ccn[nH]2)c1C. The van der Waals surface area contributed by atoms with Crippen LogP contribution in [0.4, 0.5) is 0 Å². The summed E-state index contributed by atoms with van der Waals surface area (Å²) in [6, 6.07) is 1.95. The van der Waals surface area contributed by atoms with Crippen LogP contribution in [0.25, 0.3) is 11.3 Å². The molecule has 0 fully saturated rings. The Morgan fingerprint density at radius 2 is 2.38 bits per heavy atom. The van der Waals surface area contributed by atoms with Gasteiger partial charge in [0.05, 0.1) is 11.9 Å². The summed E-state index contributed by atoms with van der Waals surface area (Å²) in [6.07, 6.45) is 3.62. The molecular weight excluding hydrogens is 164 g/mol. The number of aromatic nitrogens is 4. The molecule has 4 nitrogen and oxygen atoms in total. The first kappa shape index (κ1) is 8.04. The van der Waals surface area contributed by atoms with E-state index in [-0.39, 0.29) is 0 Å². The van der Waals surface area contributed by atoms with Gasteiger partial charge >= 0.3 is 0 Å². The molecule has 0 aliphatic rings. The second-order valence-corrected chi connectivity index (χ2v) is 2.93. The van der Waals surface area contributed by atoms with Crippen molar-refractivity contribution >= 4 is 0 Å². The summed E-state index contributed by atoms with van der Waals surface area (Å²) in [5.74, 6) is 0. The topological polar surface area (TPSA) is 46.5 Å². The van der Waals surface area contributed by atoms with Crippen molar-refractivity contribution in [2.45, 2.75) is 20.4 Å². The van der Waals surface area contributed by atoms with Crippen LogP contribution in [0.3, 0.4) is 0 Å². The monoisotopic (exact) mass is 176 g/mol. The molecule has 0 atom stereocenters. The zero-order valence-electron chi connectivity index (χ0n) is 7.78. The van der Waals surface area contributed by atoms with Gasteiger partial charge in [-0.25, -0.2) is 0 Å². The van der Waals surface area contributed by atoms with Gasteiger partial charge in [0.2, 0.25) is 0 Å². The Hall–Kier alpha value is -1.58. The molecule has 0 unspecified atom stereocenters. The molecular formula is C9H12N4. The van der Waals surface area contributed by atoms with Gasteiger partial charge in [-0.1, -0.05) is 0 Å². The maximum absolute atomic E-state index is 4.26. The van der Waals surface area contributed by atoms with Crippen LogP contribution in [-0.2, 0) is 6.54 Å². The molecule has 2 heterocycles. The number of rotatable bonds is 2. The maximum atomic E-state index is 4.26. The van der Waals surface area contributed by atoms with E-state index in [1.165, 1.54) is 5.69 Å². The number of hydrogen-bond donors (Lipinski definition) is 1. The molecule has 0 saturated carbocycles. The lowest BCUT2D eigenvalue weighted by molar-refractivity contribution is 0.640. The average molecular weight is 176 g/mol. The smallest absolute Gasteiger partial charge is 0.0684 e. The Morgan fingerprint density at radius 1 is 1.54 bits per heavy atom. The molecule has 0 bridgehead atoms. The molecule has 13 heavy (non-hydrogen) atoms. The second kappa shape index (κ2) is 3.05. The average Bonchev–Trinajstić information content (AvgIpc) is 2.72. The van der Waals surface area contributed by atoms with E-state index in [4.69, 9.17) is 0 Å². The molecule has 0 saturated heterocycles. The third-order valence-corrected chi connectivity index (χ3v) is 2.19. The van der Waals surface area contributed by atoms with Gasteiger partial charge in [-0.3, -0.25) is 9.78 Å². The van der Waals surface area contributed by atoms with E-state index in [1.807, 2.05) is 16.9 Å². The van der Waals surface area contributed by atoms with Crippen molar-refractivity contribution in [3.8, 4) is 11.3 Å². The maximum Gasteiger partial charge on any atom is 0.0684 e. The standard InChI is InChI=1S/C9H12N4/c1-3-13-7(2)8(6-11-13)9-4-5-10-12-9/h4-6H,3H2,1-2H3,(H,10,12). The molecule has 2 aromatic heterocycles. The van der Waals surface area contributed by atoms with Gasteiger partial charge in [-0.15, -0.1) is 0 Å². The highest BCUT2D eigenvalue weighted by Gasteiger charge is 2.07. The summed E-state index contributed by atoms with van der Waals surface area (Å²) in [5, 5.41) is 11.1. The number of aryl methyl sites for hydroxylation is 1. The molecule has 2 rings (SSSR count). The Kier molecular flexibility index (Phi) is 1.88. The summed E-state index contributed by atoms with van der Waals surface area (Å²) < 4.78 is 1.97. The lowest BCUT2D eigenvalue weighted by atomic mass is 10.2. The molecule has 0 aliphatic heterocycles. The Balaban J connectivity index is 2.48. The number of hydrogen-bond acceptors (Lipinski definition) is 2. The fourth-order valence-corrected chi connectivity index (χ4v) is 1.44. The van der Waals surface area contributed by atoms with Crippen LogP contribution in [-0.4, -0.2) is 20.0 Å². The minimum Gasteiger partial charge on any atom is -0.278 e. The summed E-state index contributed by atoms with van der Waals surface area (Å²) >= 11 is 0. The van der Waals surface area contributed by atoms with Crippen LogP contribution in [0.5, 0.6) is 0 Å². The van der Waals surface area contributed by atoms with Gasteiger partial charge in [0, 0.05) is 24.0 Å². The molecule has 0 amide bonds. The van der Waals surface area contributed by atoms with Crippen LogP contribution >= 0.6 is 0 Å². The van der Waals surface area contributed by atoms with E-state index in [0.717, 1.165) is 17.8 Å². The quantitative estimate of drug-likeness (QED) is 0.755. The molecule has 4 heteroatoms. The largest absolute Gasteiger partial charge is 0.278 e. The highest BCUT2D eigenvalue weighted by molar-refractivity contribution is 5.60. The van der Waals surface area contributed by atoms with Crippen LogP contribution in [0, 0.1) is 6.92 Å². The predicted molar refractivity (Wildman–Crippen MR) is 50.2 cm³/mol. The fraction of sp³-hybridized carbons (Fsp3) is 0.333. The first-order chi connectivity index (χ1) is 6.33. The molecule has 0 aliphatic carbocycles. The normalized spacial score (nSPS) is 10.6. The van der Waals surface area contributed by atoms with Gasteiger partial charge < -0.3 is 0 Å². The van der Waals surface area contributed by atoms with E-state index >= 15 is 0 Å². The first-order valence-corrected chi connectivity index (χ1v) is 4.35. The molecule has 1 N–H and O–H groups in total. The van der Waals surface area contributed by atoms with Crippen molar-refractivity contribution in [3.63, 3.8) is 0 Å².